The maximum Gasteiger partial charge on any atom is 0.220 e. The number of nitrogens with zero attached hydrogens (tertiary/aromatic N) is 1. The monoisotopic (exact) mass is 311 g/mol. The molecule has 118 valence electrons. The minimum Gasteiger partial charge on any atom is -0.350 e. The van der Waals surface area contributed by atoms with E-state index in [0.29, 0.717) is 18.3 Å². The number of amides is 1. The fourth-order valence-corrected chi connectivity index (χ4v) is 2.89. The molecule has 5 heteroatoms. The van der Waals surface area contributed by atoms with Crippen molar-refractivity contribution in [3.63, 3.8) is 0 Å². The van der Waals surface area contributed by atoms with Gasteiger partial charge in [-0.15, -0.1) is 12.4 Å². The van der Waals surface area contributed by atoms with E-state index >= 15 is 0 Å². The number of rotatable bonds is 5. The Morgan fingerprint density at radius 3 is 2.76 bits per heavy atom. The molecule has 1 fully saturated rings. The van der Waals surface area contributed by atoms with Crippen LogP contribution in [0.25, 0.3) is 0 Å². The zero-order valence-electron chi connectivity index (χ0n) is 12.8. The van der Waals surface area contributed by atoms with Gasteiger partial charge in [0.25, 0.3) is 0 Å². The third kappa shape index (κ3) is 5.64. The van der Waals surface area contributed by atoms with Gasteiger partial charge in [-0.3, -0.25) is 9.78 Å². The van der Waals surface area contributed by atoms with Crippen LogP contribution in [0, 0.1) is 11.8 Å². The van der Waals surface area contributed by atoms with Gasteiger partial charge in [-0.25, -0.2) is 0 Å². The molecule has 1 aliphatic heterocycles. The van der Waals surface area contributed by atoms with Crippen LogP contribution in [0.5, 0.6) is 0 Å². The van der Waals surface area contributed by atoms with Crippen LogP contribution in [0.1, 0.15) is 44.7 Å². The van der Waals surface area contributed by atoms with Crippen LogP contribution in [-0.2, 0) is 4.79 Å². The van der Waals surface area contributed by atoms with Gasteiger partial charge in [0.15, 0.2) is 0 Å². The Morgan fingerprint density at radius 2 is 2.14 bits per heavy atom. The number of carbonyl (C=O) groups is 1. The van der Waals surface area contributed by atoms with Crippen molar-refractivity contribution in [3.05, 3.63) is 30.1 Å². The second-order valence-electron chi connectivity index (χ2n) is 5.84. The summed E-state index contributed by atoms with van der Waals surface area (Å²) in [4.78, 5) is 16.2. The van der Waals surface area contributed by atoms with Gasteiger partial charge in [-0.05, 0) is 56.3 Å². The predicted molar refractivity (Wildman–Crippen MR) is 87.4 cm³/mol. The number of hydrogen-bond donors (Lipinski definition) is 2. The molecule has 0 saturated carbocycles. The topological polar surface area (TPSA) is 54.0 Å². The minimum absolute atomic E-state index is 0. The van der Waals surface area contributed by atoms with Crippen LogP contribution in [0.15, 0.2) is 24.5 Å². The highest BCUT2D eigenvalue weighted by Gasteiger charge is 2.22. The van der Waals surface area contributed by atoms with E-state index in [1.165, 1.54) is 12.8 Å². The summed E-state index contributed by atoms with van der Waals surface area (Å²) < 4.78 is 0. The van der Waals surface area contributed by atoms with E-state index in [1.54, 1.807) is 12.4 Å². The van der Waals surface area contributed by atoms with Crippen molar-refractivity contribution in [2.45, 2.75) is 39.2 Å². The van der Waals surface area contributed by atoms with Gasteiger partial charge in [0.05, 0.1) is 6.04 Å². The van der Waals surface area contributed by atoms with Gasteiger partial charge >= 0.3 is 0 Å². The molecule has 1 aromatic rings. The van der Waals surface area contributed by atoms with E-state index in [1.807, 2.05) is 19.1 Å². The average molecular weight is 312 g/mol. The van der Waals surface area contributed by atoms with E-state index in [4.69, 9.17) is 0 Å². The smallest absolute Gasteiger partial charge is 0.220 e. The summed E-state index contributed by atoms with van der Waals surface area (Å²) in [6, 6.07) is 3.92. The van der Waals surface area contributed by atoms with Crippen LogP contribution >= 0.6 is 12.4 Å². The second kappa shape index (κ2) is 9.00. The molecule has 1 amide bonds. The molecule has 0 aromatic carbocycles. The SMILES string of the molecule is CC(NC(=O)CC(C)C1CCNCC1)c1cccnc1.Cl. The average Bonchev–Trinajstić information content (AvgIpc) is 2.49. The van der Waals surface area contributed by atoms with Gasteiger partial charge in [0.1, 0.15) is 0 Å². The summed E-state index contributed by atoms with van der Waals surface area (Å²) in [6.45, 7) is 6.37. The van der Waals surface area contributed by atoms with Crippen LogP contribution in [0.3, 0.4) is 0 Å². The molecule has 0 spiro atoms. The number of carbonyl (C=O) groups excluding carboxylic acids is 1. The molecule has 2 N–H and O–H groups in total. The molecule has 21 heavy (non-hydrogen) atoms. The van der Waals surface area contributed by atoms with Gasteiger partial charge < -0.3 is 10.6 Å². The molecular formula is C16H26ClN3O. The summed E-state index contributed by atoms with van der Waals surface area (Å²) >= 11 is 0. The molecule has 2 rings (SSSR count). The molecule has 0 radical (unpaired) electrons. The summed E-state index contributed by atoms with van der Waals surface area (Å²) in [5.74, 6) is 1.28. The maximum atomic E-state index is 12.1. The van der Waals surface area contributed by atoms with E-state index in [-0.39, 0.29) is 24.4 Å². The maximum absolute atomic E-state index is 12.1. The van der Waals surface area contributed by atoms with Crippen molar-refractivity contribution in [1.82, 2.24) is 15.6 Å². The Morgan fingerprint density at radius 1 is 1.43 bits per heavy atom. The van der Waals surface area contributed by atoms with Crippen LogP contribution in [0.4, 0.5) is 0 Å². The van der Waals surface area contributed by atoms with Gasteiger partial charge in [-0.1, -0.05) is 13.0 Å². The lowest BCUT2D eigenvalue weighted by atomic mass is 9.84. The van der Waals surface area contributed by atoms with Crippen molar-refractivity contribution >= 4 is 18.3 Å². The summed E-state index contributed by atoms with van der Waals surface area (Å²) in [5.41, 5.74) is 1.05. The Hall–Kier alpha value is -1.13. The predicted octanol–water partition coefficient (Wildman–Crippen LogP) is 2.71. The molecule has 1 aromatic heterocycles. The van der Waals surface area contributed by atoms with Gasteiger partial charge in [0, 0.05) is 18.8 Å². The highest BCUT2D eigenvalue weighted by molar-refractivity contribution is 5.85. The first-order chi connectivity index (χ1) is 9.66. The van der Waals surface area contributed by atoms with Crippen molar-refractivity contribution in [1.29, 1.82) is 0 Å². The fourth-order valence-electron chi connectivity index (χ4n) is 2.89. The molecular weight excluding hydrogens is 286 g/mol. The summed E-state index contributed by atoms with van der Waals surface area (Å²) in [5, 5.41) is 6.44. The number of halogens is 1. The van der Waals surface area contributed by atoms with E-state index in [0.717, 1.165) is 18.7 Å². The Bertz CT molecular complexity index is 421. The third-order valence-electron chi connectivity index (χ3n) is 4.26. The fraction of sp³-hybridized carbons (Fsp3) is 0.625. The lowest BCUT2D eigenvalue weighted by molar-refractivity contribution is -0.123. The first kappa shape index (κ1) is 17.9. The highest BCUT2D eigenvalue weighted by atomic mass is 35.5. The van der Waals surface area contributed by atoms with Gasteiger partial charge in [-0.2, -0.15) is 0 Å². The normalized spacial score (nSPS) is 18.4. The molecule has 2 heterocycles. The molecule has 0 bridgehead atoms. The first-order valence-corrected chi connectivity index (χ1v) is 7.57. The van der Waals surface area contributed by atoms with Crippen LogP contribution < -0.4 is 10.6 Å². The number of piperidine rings is 1. The van der Waals surface area contributed by atoms with Crippen LogP contribution in [-0.4, -0.2) is 24.0 Å². The second-order valence-corrected chi connectivity index (χ2v) is 5.84. The first-order valence-electron chi connectivity index (χ1n) is 7.57. The molecule has 2 unspecified atom stereocenters. The number of aromatic nitrogens is 1. The Balaban J connectivity index is 0.00000220. The largest absolute Gasteiger partial charge is 0.350 e. The quantitative estimate of drug-likeness (QED) is 0.879. The van der Waals surface area contributed by atoms with E-state index in [2.05, 4.69) is 22.5 Å². The van der Waals surface area contributed by atoms with Crippen molar-refractivity contribution < 1.29 is 4.79 Å². The lowest BCUT2D eigenvalue weighted by Gasteiger charge is -2.28. The number of pyridine rings is 1. The third-order valence-corrected chi connectivity index (χ3v) is 4.26. The minimum atomic E-state index is 0. The summed E-state index contributed by atoms with van der Waals surface area (Å²) in [6.07, 6.45) is 6.55. The summed E-state index contributed by atoms with van der Waals surface area (Å²) in [7, 11) is 0. The number of nitrogens with one attached hydrogen (secondary N) is 2. The lowest BCUT2D eigenvalue weighted by Crippen LogP contribution is -2.34. The van der Waals surface area contributed by atoms with Crippen molar-refractivity contribution in [2.75, 3.05) is 13.1 Å². The molecule has 2 atom stereocenters. The zero-order chi connectivity index (χ0) is 14.4. The molecule has 4 nitrogen and oxygen atoms in total. The Kier molecular flexibility index (Phi) is 7.68. The standard InChI is InChI=1S/C16H25N3O.ClH/c1-12(14-5-8-17-9-6-14)10-16(20)19-13(2)15-4-3-7-18-11-15;/h3-4,7,11-14,17H,5-6,8-10H2,1-2H3,(H,19,20);1H. The molecule has 1 aliphatic rings. The number of hydrogen-bond acceptors (Lipinski definition) is 3. The van der Waals surface area contributed by atoms with Crippen molar-refractivity contribution in [3.8, 4) is 0 Å². The van der Waals surface area contributed by atoms with E-state index in [9.17, 15) is 4.79 Å². The zero-order valence-corrected chi connectivity index (χ0v) is 13.7. The Labute approximate surface area is 133 Å². The molecule has 0 aliphatic carbocycles. The molecule has 1 saturated heterocycles. The van der Waals surface area contributed by atoms with Gasteiger partial charge in [0.2, 0.25) is 5.91 Å². The van der Waals surface area contributed by atoms with Crippen molar-refractivity contribution in [2.24, 2.45) is 11.8 Å². The van der Waals surface area contributed by atoms with Crippen LogP contribution in [0.2, 0.25) is 0 Å². The van der Waals surface area contributed by atoms with E-state index < -0.39 is 0 Å². The highest BCUT2D eigenvalue weighted by Crippen LogP contribution is 2.24.